The van der Waals surface area contributed by atoms with Crippen LogP contribution < -0.4 is 4.74 Å². The molecule has 0 saturated carbocycles. The molecule has 0 bridgehead atoms. The van der Waals surface area contributed by atoms with Crippen molar-refractivity contribution in [2.45, 2.75) is 6.42 Å². The Hall–Kier alpha value is -2.53. The number of nitro groups is 1. The Balaban J connectivity index is 3.11. The van der Waals surface area contributed by atoms with E-state index in [0.29, 0.717) is 11.3 Å². The molecule has 5 nitrogen and oxygen atoms in total. The van der Waals surface area contributed by atoms with E-state index < -0.39 is 4.92 Å². The van der Waals surface area contributed by atoms with Crippen molar-refractivity contribution in [3.8, 4) is 23.7 Å². The highest BCUT2D eigenvalue weighted by atomic mass is 16.6. The Morgan fingerprint density at radius 2 is 2.25 bits per heavy atom. The van der Waals surface area contributed by atoms with Crippen LogP contribution in [0.5, 0.6) is 5.75 Å². The van der Waals surface area contributed by atoms with E-state index >= 15 is 0 Å². The van der Waals surface area contributed by atoms with Gasteiger partial charge in [0.05, 0.1) is 30.6 Å². The molecule has 0 aliphatic heterocycles. The Kier molecular flexibility index (Phi) is 3.88. The van der Waals surface area contributed by atoms with Gasteiger partial charge in [0.2, 0.25) is 0 Å². The molecule has 0 aromatic heterocycles. The number of hydrogen-bond donors (Lipinski definition) is 0. The number of nitriles is 1. The van der Waals surface area contributed by atoms with Crippen LogP contribution in [0.15, 0.2) is 18.2 Å². The maximum absolute atomic E-state index is 10.6. The minimum absolute atomic E-state index is 0.0828. The molecule has 5 heteroatoms. The molecule has 1 aromatic rings. The van der Waals surface area contributed by atoms with Gasteiger partial charge in [0, 0.05) is 11.6 Å². The zero-order valence-corrected chi connectivity index (χ0v) is 8.56. The van der Waals surface area contributed by atoms with Crippen LogP contribution >= 0.6 is 0 Å². The highest BCUT2D eigenvalue weighted by Crippen LogP contribution is 2.21. The first-order chi connectivity index (χ1) is 7.67. The van der Waals surface area contributed by atoms with E-state index in [9.17, 15) is 10.1 Å². The third-order valence-corrected chi connectivity index (χ3v) is 1.74. The summed E-state index contributed by atoms with van der Waals surface area (Å²) in [5.41, 5.74) is 0.377. The van der Waals surface area contributed by atoms with Gasteiger partial charge in [-0.2, -0.15) is 5.26 Å². The first-order valence-electron chi connectivity index (χ1n) is 4.36. The van der Waals surface area contributed by atoms with E-state index in [1.165, 1.54) is 19.2 Å². The quantitative estimate of drug-likeness (QED) is 0.429. The average Bonchev–Trinajstić information content (AvgIpc) is 2.29. The smallest absolute Gasteiger partial charge is 0.274 e. The second-order valence-electron chi connectivity index (χ2n) is 2.81. The molecule has 0 saturated heterocycles. The van der Waals surface area contributed by atoms with Crippen LogP contribution in [0.25, 0.3) is 0 Å². The lowest BCUT2D eigenvalue weighted by Crippen LogP contribution is -1.91. The molecule has 0 unspecified atom stereocenters. The number of nitrogens with zero attached hydrogens (tertiary/aromatic N) is 2. The fraction of sp³-hybridized carbons (Fsp3) is 0.182. The van der Waals surface area contributed by atoms with Gasteiger partial charge in [-0.25, -0.2) is 0 Å². The van der Waals surface area contributed by atoms with E-state index in [0.717, 1.165) is 0 Å². The molecule has 1 aromatic carbocycles. The molecule has 80 valence electrons. The van der Waals surface area contributed by atoms with Crippen molar-refractivity contribution in [3.05, 3.63) is 33.9 Å². The second kappa shape index (κ2) is 5.38. The number of benzene rings is 1. The fourth-order valence-corrected chi connectivity index (χ4v) is 1.06. The molecule has 0 atom stereocenters. The molecule has 0 aliphatic carbocycles. The number of rotatable bonds is 2. The second-order valence-corrected chi connectivity index (χ2v) is 2.81. The molecule has 0 fully saturated rings. The van der Waals surface area contributed by atoms with Gasteiger partial charge < -0.3 is 4.74 Å². The molecule has 16 heavy (non-hydrogen) atoms. The normalized spacial score (nSPS) is 8.50. The molecule has 0 heterocycles. The first-order valence-corrected chi connectivity index (χ1v) is 4.36. The van der Waals surface area contributed by atoms with Crippen molar-refractivity contribution >= 4 is 5.69 Å². The number of hydrogen-bond acceptors (Lipinski definition) is 4. The van der Waals surface area contributed by atoms with Gasteiger partial charge in [-0.1, -0.05) is 11.8 Å². The number of non-ortho nitro benzene ring substituents is 1. The van der Waals surface area contributed by atoms with Crippen molar-refractivity contribution in [2.24, 2.45) is 0 Å². The zero-order chi connectivity index (χ0) is 12.0. The van der Waals surface area contributed by atoms with Gasteiger partial charge in [-0.3, -0.25) is 10.1 Å². The molecule has 0 spiro atoms. The Morgan fingerprint density at radius 1 is 1.50 bits per heavy atom. The van der Waals surface area contributed by atoms with Crippen LogP contribution in [0, 0.1) is 33.3 Å². The van der Waals surface area contributed by atoms with Gasteiger partial charge in [-0.15, -0.1) is 0 Å². The summed E-state index contributed by atoms with van der Waals surface area (Å²) in [6.07, 6.45) is 0.0883. The fourth-order valence-electron chi connectivity index (χ4n) is 1.06. The van der Waals surface area contributed by atoms with E-state index in [1.807, 2.05) is 6.07 Å². The molecule has 0 amide bonds. The maximum atomic E-state index is 10.6. The summed E-state index contributed by atoms with van der Waals surface area (Å²) in [7, 11) is 1.42. The SMILES string of the molecule is COc1cc(C#CCC#N)cc([N+](=O)[O-])c1. The summed E-state index contributed by atoms with van der Waals surface area (Å²) >= 11 is 0. The van der Waals surface area contributed by atoms with Crippen LogP contribution in [0.2, 0.25) is 0 Å². The summed E-state index contributed by atoms with van der Waals surface area (Å²) in [6.45, 7) is 0. The Bertz CT molecular complexity index is 506. The largest absolute Gasteiger partial charge is 0.496 e. The Morgan fingerprint density at radius 3 is 2.81 bits per heavy atom. The lowest BCUT2D eigenvalue weighted by Gasteiger charge is -2.00. The van der Waals surface area contributed by atoms with E-state index in [4.69, 9.17) is 10.00 Å². The topological polar surface area (TPSA) is 76.2 Å². The van der Waals surface area contributed by atoms with Gasteiger partial charge in [0.1, 0.15) is 5.75 Å². The van der Waals surface area contributed by atoms with Gasteiger partial charge in [-0.05, 0) is 6.07 Å². The molecule has 0 N–H and O–H groups in total. The lowest BCUT2D eigenvalue weighted by molar-refractivity contribution is -0.384. The van der Waals surface area contributed by atoms with Crippen molar-refractivity contribution < 1.29 is 9.66 Å². The van der Waals surface area contributed by atoms with Crippen LogP contribution in [0.1, 0.15) is 12.0 Å². The lowest BCUT2D eigenvalue weighted by atomic mass is 10.2. The minimum Gasteiger partial charge on any atom is -0.496 e. The van der Waals surface area contributed by atoms with Gasteiger partial charge >= 0.3 is 0 Å². The third-order valence-electron chi connectivity index (χ3n) is 1.74. The first kappa shape index (κ1) is 11.5. The van der Waals surface area contributed by atoms with Crippen LogP contribution in [0.4, 0.5) is 5.69 Å². The monoisotopic (exact) mass is 216 g/mol. The van der Waals surface area contributed by atoms with Gasteiger partial charge in [0.25, 0.3) is 5.69 Å². The summed E-state index contributed by atoms with van der Waals surface area (Å²) in [5.74, 6) is 5.61. The average molecular weight is 216 g/mol. The molecule has 0 radical (unpaired) electrons. The van der Waals surface area contributed by atoms with Crippen molar-refractivity contribution in [3.63, 3.8) is 0 Å². The standard InChI is InChI=1S/C11H8N2O3/c1-16-11-7-9(4-2-3-5-12)6-10(8-11)13(14)15/h6-8H,3H2,1H3. The van der Waals surface area contributed by atoms with E-state index in [-0.39, 0.29) is 12.1 Å². The minimum atomic E-state index is -0.516. The molecular formula is C11H8N2O3. The maximum Gasteiger partial charge on any atom is 0.274 e. The molecular weight excluding hydrogens is 208 g/mol. The summed E-state index contributed by atoms with van der Waals surface area (Å²) < 4.78 is 4.91. The van der Waals surface area contributed by atoms with Crippen molar-refractivity contribution in [2.75, 3.05) is 7.11 Å². The van der Waals surface area contributed by atoms with E-state index in [1.54, 1.807) is 6.07 Å². The number of methoxy groups -OCH3 is 1. The summed E-state index contributed by atoms with van der Waals surface area (Å²) in [5, 5.41) is 18.9. The molecule has 0 aliphatic rings. The summed E-state index contributed by atoms with van der Waals surface area (Å²) in [4.78, 5) is 10.1. The van der Waals surface area contributed by atoms with Crippen molar-refractivity contribution in [1.82, 2.24) is 0 Å². The van der Waals surface area contributed by atoms with Crippen LogP contribution in [-0.4, -0.2) is 12.0 Å². The zero-order valence-electron chi connectivity index (χ0n) is 8.56. The highest BCUT2D eigenvalue weighted by Gasteiger charge is 2.08. The summed E-state index contributed by atoms with van der Waals surface area (Å²) in [6, 6.07) is 6.10. The highest BCUT2D eigenvalue weighted by molar-refractivity contribution is 5.49. The Labute approximate surface area is 92.4 Å². The van der Waals surface area contributed by atoms with Crippen LogP contribution in [0.3, 0.4) is 0 Å². The van der Waals surface area contributed by atoms with Crippen LogP contribution in [-0.2, 0) is 0 Å². The number of ether oxygens (including phenoxy) is 1. The predicted molar refractivity (Wildman–Crippen MR) is 56.8 cm³/mol. The predicted octanol–water partition coefficient (Wildman–Crippen LogP) is 1.87. The number of nitro benzene ring substituents is 1. The molecule has 1 rings (SSSR count). The van der Waals surface area contributed by atoms with Crippen molar-refractivity contribution in [1.29, 1.82) is 5.26 Å². The third kappa shape index (κ3) is 3.00. The van der Waals surface area contributed by atoms with Gasteiger partial charge in [0.15, 0.2) is 0 Å². The van der Waals surface area contributed by atoms with E-state index in [2.05, 4.69) is 11.8 Å².